The summed E-state index contributed by atoms with van der Waals surface area (Å²) in [5, 5.41) is 0. The van der Waals surface area contributed by atoms with Crippen LogP contribution in [-0.4, -0.2) is 73.4 Å². The molecule has 4 rings (SSSR count). The number of amides is 2. The van der Waals surface area contributed by atoms with Gasteiger partial charge in [0.1, 0.15) is 0 Å². The van der Waals surface area contributed by atoms with Crippen LogP contribution in [0.3, 0.4) is 0 Å². The van der Waals surface area contributed by atoms with Gasteiger partial charge in [0, 0.05) is 45.3 Å². The minimum atomic E-state index is -0.191. The van der Waals surface area contributed by atoms with Crippen LogP contribution in [0.5, 0.6) is 0 Å². The summed E-state index contributed by atoms with van der Waals surface area (Å²) >= 11 is 0. The highest BCUT2D eigenvalue weighted by Gasteiger charge is 2.37. The Balaban J connectivity index is 1.53. The third-order valence-corrected chi connectivity index (χ3v) is 7.30. The molecule has 178 valence electrons. The number of methoxy groups -OCH3 is 1. The maximum Gasteiger partial charge on any atom is 0.230 e. The number of nitrogens with zero attached hydrogens (tertiary/aromatic N) is 3. The Morgan fingerprint density at radius 2 is 1.73 bits per heavy atom. The van der Waals surface area contributed by atoms with E-state index in [4.69, 9.17) is 4.74 Å². The lowest BCUT2D eigenvalue weighted by atomic mass is 9.79. The Morgan fingerprint density at radius 1 is 1.03 bits per heavy atom. The van der Waals surface area contributed by atoms with Crippen molar-refractivity contribution in [2.75, 3.05) is 46.9 Å². The van der Waals surface area contributed by atoms with Crippen molar-refractivity contribution < 1.29 is 14.3 Å². The lowest BCUT2D eigenvalue weighted by Gasteiger charge is -2.39. The molecule has 1 unspecified atom stereocenters. The fourth-order valence-electron chi connectivity index (χ4n) is 5.09. The van der Waals surface area contributed by atoms with Gasteiger partial charge < -0.3 is 19.4 Å². The summed E-state index contributed by atoms with van der Waals surface area (Å²) in [6, 6.07) is 8.33. The number of benzene rings is 1. The van der Waals surface area contributed by atoms with E-state index in [1.54, 1.807) is 7.11 Å². The number of piperazine rings is 1. The lowest BCUT2D eigenvalue weighted by Crippen LogP contribution is -2.50. The molecule has 1 aliphatic carbocycles. The third-order valence-electron chi connectivity index (χ3n) is 7.30. The second kappa shape index (κ2) is 10.1. The van der Waals surface area contributed by atoms with Gasteiger partial charge in [-0.05, 0) is 48.1 Å². The molecule has 3 aliphatic rings. The molecule has 0 spiro atoms. The Morgan fingerprint density at radius 3 is 2.36 bits per heavy atom. The molecule has 0 N–H and O–H groups in total. The van der Waals surface area contributed by atoms with Gasteiger partial charge in [-0.15, -0.1) is 0 Å². The highest BCUT2D eigenvalue weighted by Crippen LogP contribution is 2.40. The predicted molar refractivity (Wildman–Crippen MR) is 129 cm³/mol. The number of rotatable bonds is 5. The van der Waals surface area contributed by atoms with Crippen LogP contribution >= 0.6 is 0 Å². The average molecular weight is 452 g/mol. The first-order valence-corrected chi connectivity index (χ1v) is 12.2. The SMILES string of the molecule is COC1=C2CCN(C(=O)Cc3ccc(C(C)C)cc3)C=C2C(C(=O)N2CCN(C)CC2)CC1. The quantitative estimate of drug-likeness (QED) is 0.687. The number of hydrogen-bond acceptors (Lipinski definition) is 4. The highest BCUT2D eigenvalue weighted by atomic mass is 16.5. The van der Waals surface area contributed by atoms with Crippen LogP contribution in [0.4, 0.5) is 0 Å². The van der Waals surface area contributed by atoms with Crippen LogP contribution in [0.1, 0.15) is 50.2 Å². The molecule has 2 amide bonds. The number of ether oxygens (including phenoxy) is 1. The van der Waals surface area contributed by atoms with Crippen molar-refractivity contribution in [3.63, 3.8) is 0 Å². The minimum Gasteiger partial charge on any atom is -0.501 e. The molecule has 0 saturated carbocycles. The molecule has 2 aliphatic heterocycles. The van der Waals surface area contributed by atoms with Gasteiger partial charge in [0.15, 0.2) is 0 Å². The van der Waals surface area contributed by atoms with Crippen LogP contribution in [0.15, 0.2) is 47.4 Å². The van der Waals surface area contributed by atoms with E-state index in [9.17, 15) is 9.59 Å². The van der Waals surface area contributed by atoms with Crippen LogP contribution in [-0.2, 0) is 20.7 Å². The first-order chi connectivity index (χ1) is 15.9. The molecule has 6 nitrogen and oxygen atoms in total. The van der Waals surface area contributed by atoms with E-state index in [1.165, 1.54) is 5.56 Å². The summed E-state index contributed by atoms with van der Waals surface area (Å²) in [6.07, 6.45) is 4.57. The van der Waals surface area contributed by atoms with Crippen molar-refractivity contribution in [1.82, 2.24) is 14.7 Å². The molecule has 1 saturated heterocycles. The Bertz CT molecular complexity index is 940. The lowest BCUT2D eigenvalue weighted by molar-refractivity contribution is -0.136. The normalized spacial score (nSPS) is 21.7. The van der Waals surface area contributed by atoms with Crippen molar-refractivity contribution in [3.8, 4) is 0 Å². The average Bonchev–Trinajstić information content (AvgIpc) is 2.83. The summed E-state index contributed by atoms with van der Waals surface area (Å²) in [7, 11) is 3.80. The van der Waals surface area contributed by atoms with E-state index >= 15 is 0 Å². The molecule has 0 bridgehead atoms. The van der Waals surface area contributed by atoms with Crippen molar-refractivity contribution in [3.05, 3.63) is 58.5 Å². The van der Waals surface area contributed by atoms with Crippen LogP contribution in [0, 0.1) is 5.92 Å². The molecular formula is C27H37N3O3. The number of carbonyl (C=O) groups is 2. The van der Waals surface area contributed by atoms with E-state index in [2.05, 4.69) is 50.1 Å². The molecule has 2 heterocycles. The Labute approximate surface area is 197 Å². The summed E-state index contributed by atoms with van der Waals surface area (Å²) in [4.78, 5) is 32.7. The monoisotopic (exact) mass is 451 g/mol. The second-order valence-electron chi connectivity index (χ2n) is 9.82. The van der Waals surface area contributed by atoms with E-state index in [0.29, 0.717) is 18.9 Å². The summed E-state index contributed by atoms with van der Waals surface area (Å²) < 4.78 is 5.67. The van der Waals surface area contributed by atoms with Gasteiger partial charge in [-0.3, -0.25) is 9.59 Å². The predicted octanol–water partition coefficient (Wildman–Crippen LogP) is 3.55. The van der Waals surface area contributed by atoms with Crippen LogP contribution in [0.25, 0.3) is 0 Å². The zero-order chi connectivity index (χ0) is 23.5. The fraction of sp³-hybridized carbons (Fsp3) is 0.556. The third kappa shape index (κ3) is 5.16. The van der Waals surface area contributed by atoms with Gasteiger partial charge in [-0.2, -0.15) is 0 Å². The number of allylic oxidation sites excluding steroid dienone is 1. The largest absolute Gasteiger partial charge is 0.501 e. The molecule has 1 atom stereocenters. The standard InChI is InChI=1S/C27H37N3O3/c1-19(2)21-7-5-20(6-8-21)17-26(31)30-12-11-22-24(18-30)23(9-10-25(22)33-4)27(32)29-15-13-28(3)14-16-29/h5-8,18-19,23H,9-17H2,1-4H3. The van der Waals surface area contributed by atoms with E-state index in [1.807, 2.05) is 16.0 Å². The van der Waals surface area contributed by atoms with Gasteiger partial charge in [0.2, 0.25) is 11.8 Å². The maximum atomic E-state index is 13.5. The van der Waals surface area contributed by atoms with Gasteiger partial charge >= 0.3 is 0 Å². The molecular weight excluding hydrogens is 414 g/mol. The molecule has 0 aromatic heterocycles. The molecule has 1 aromatic rings. The van der Waals surface area contributed by atoms with Gasteiger partial charge in [0.25, 0.3) is 0 Å². The number of carbonyl (C=O) groups excluding carboxylic acids is 2. The highest BCUT2D eigenvalue weighted by molar-refractivity contribution is 5.85. The molecule has 1 aromatic carbocycles. The van der Waals surface area contributed by atoms with E-state index < -0.39 is 0 Å². The topological polar surface area (TPSA) is 53.1 Å². The maximum absolute atomic E-state index is 13.5. The first kappa shape index (κ1) is 23.6. The van der Waals surface area contributed by atoms with Crippen LogP contribution < -0.4 is 0 Å². The van der Waals surface area contributed by atoms with Crippen molar-refractivity contribution in [1.29, 1.82) is 0 Å². The van der Waals surface area contributed by atoms with Crippen LogP contribution in [0.2, 0.25) is 0 Å². The molecule has 0 radical (unpaired) electrons. The van der Waals surface area contributed by atoms with Gasteiger partial charge in [-0.1, -0.05) is 38.1 Å². The van der Waals surface area contributed by atoms with Crippen molar-refractivity contribution in [2.45, 2.75) is 45.4 Å². The zero-order valence-electron chi connectivity index (χ0n) is 20.5. The second-order valence-corrected chi connectivity index (χ2v) is 9.82. The Hall–Kier alpha value is -2.60. The fourth-order valence-corrected chi connectivity index (χ4v) is 5.09. The zero-order valence-corrected chi connectivity index (χ0v) is 20.5. The Kier molecular flexibility index (Phi) is 7.23. The van der Waals surface area contributed by atoms with Gasteiger partial charge in [0.05, 0.1) is 25.2 Å². The van der Waals surface area contributed by atoms with Crippen molar-refractivity contribution >= 4 is 11.8 Å². The summed E-state index contributed by atoms with van der Waals surface area (Å²) in [5.74, 6) is 1.53. The molecule has 1 fully saturated rings. The number of hydrogen-bond donors (Lipinski definition) is 0. The summed E-state index contributed by atoms with van der Waals surface area (Å²) in [6.45, 7) is 8.32. The summed E-state index contributed by atoms with van der Waals surface area (Å²) in [5.41, 5.74) is 4.41. The van der Waals surface area contributed by atoms with Gasteiger partial charge in [-0.25, -0.2) is 0 Å². The number of likely N-dealkylation sites (N-methyl/N-ethyl adjacent to an activating group) is 1. The number of fused-ring (bicyclic) bond motifs is 1. The van der Waals surface area contributed by atoms with Crippen molar-refractivity contribution in [2.24, 2.45) is 5.92 Å². The molecule has 33 heavy (non-hydrogen) atoms. The van der Waals surface area contributed by atoms with E-state index in [0.717, 1.165) is 67.9 Å². The van der Waals surface area contributed by atoms with E-state index in [-0.39, 0.29) is 17.7 Å². The minimum absolute atomic E-state index is 0.0779. The molecule has 6 heteroatoms. The first-order valence-electron chi connectivity index (χ1n) is 12.2. The smallest absolute Gasteiger partial charge is 0.230 e.